The molecule has 0 saturated heterocycles. The lowest BCUT2D eigenvalue weighted by atomic mass is 10.1. The molecule has 4 heteroatoms. The molecule has 1 aromatic rings. The monoisotopic (exact) mass is 273 g/mol. The van der Waals surface area contributed by atoms with Gasteiger partial charge in [-0.1, -0.05) is 26.0 Å². The minimum atomic E-state index is -0.634. The molecule has 0 bridgehead atoms. The Bertz CT molecular complexity index is 510. The van der Waals surface area contributed by atoms with Crippen LogP contribution in [-0.2, 0) is 9.53 Å². The van der Waals surface area contributed by atoms with Crippen LogP contribution in [0, 0.1) is 17.2 Å². The van der Waals surface area contributed by atoms with E-state index in [0.717, 1.165) is 17.7 Å². The molecule has 1 rings (SSSR count). The van der Waals surface area contributed by atoms with Crippen LogP contribution in [0.3, 0.4) is 0 Å². The van der Waals surface area contributed by atoms with Crippen LogP contribution in [-0.4, -0.2) is 19.7 Å². The van der Waals surface area contributed by atoms with E-state index in [9.17, 15) is 4.79 Å². The number of esters is 1. The van der Waals surface area contributed by atoms with Gasteiger partial charge in [-0.25, -0.2) is 4.79 Å². The predicted octanol–water partition coefficient (Wildman–Crippen LogP) is 3.19. The van der Waals surface area contributed by atoms with Crippen LogP contribution in [0.25, 0.3) is 6.08 Å². The molecule has 0 heterocycles. The van der Waals surface area contributed by atoms with Crippen LogP contribution in [0.4, 0.5) is 0 Å². The van der Waals surface area contributed by atoms with Gasteiger partial charge in [-0.15, -0.1) is 0 Å². The Hall–Kier alpha value is -2.28. The summed E-state index contributed by atoms with van der Waals surface area (Å²) in [4.78, 5) is 11.3. The van der Waals surface area contributed by atoms with Gasteiger partial charge in [0.15, 0.2) is 0 Å². The molecule has 0 saturated carbocycles. The lowest BCUT2D eigenvalue weighted by Gasteiger charge is -2.08. The molecule has 1 aromatic carbocycles. The maximum Gasteiger partial charge on any atom is 0.348 e. The second-order valence-electron chi connectivity index (χ2n) is 4.76. The van der Waals surface area contributed by atoms with E-state index in [-0.39, 0.29) is 5.57 Å². The van der Waals surface area contributed by atoms with Gasteiger partial charge >= 0.3 is 5.97 Å². The summed E-state index contributed by atoms with van der Waals surface area (Å²) in [6, 6.07) is 9.05. The fourth-order valence-corrected chi connectivity index (χ4v) is 1.49. The maximum atomic E-state index is 11.3. The van der Waals surface area contributed by atoms with Gasteiger partial charge in [-0.2, -0.15) is 5.26 Å². The molecule has 0 atom stereocenters. The van der Waals surface area contributed by atoms with Crippen LogP contribution in [0.5, 0.6) is 5.75 Å². The molecular weight excluding hydrogens is 254 g/mol. The lowest BCUT2D eigenvalue weighted by molar-refractivity contribution is -0.135. The molecule has 0 aromatic heterocycles. The van der Waals surface area contributed by atoms with E-state index in [1.165, 1.54) is 13.2 Å². The Kier molecular flexibility index (Phi) is 6.31. The Morgan fingerprint density at radius 1 is 1.35 bits per heavy atom. The zero-order valence-corrected chi connectivity index (χ0v) is 12.1. The van der Waals surface area contributed by atoms with Crippen LogP contribution < -0.4 is 4.74 Å². The number of carbonyl (C=O) groups excluding carboxylic acids is 1. The zero-order valence-electron chi connectivity index (χ0n) is 12.1. The van der Waals surface area contributed by atoms with E-state index in [1.54, 1.807) is 12.1 Å². The molecule has 0 spiro atoms. The minimum Gasteiger partial charge on any atom is -0.494 e. The average Bonchev–Trinajstić information content (AvgIpc) is 2.45. The van der Waals surface area contributed by atoms with Crippen molar-refractivity contribution in [3.63, 3.8) is 0 Å². The van der Waals surface area contributed by atoms with E-state index in [0.29, 0.717) is 12.5 Å². The van der Waals surface area contributed by atoms with Gasteiger partial charge in [-0.05, 0) is 36.1 Å². The number of nitriles is 1. The van der Waals surface area contributed by atoms with E-state index in [1.807, 2.05) is 18.2 Å². The molecule has 20 heavy (non-hydrogen) atoms. The second kappa shape index (κ2) is 8.00. The highest BCUT2D eigenvalue weighted by Crippen LogP contribution is 2.15. The fourth-order valence-electron chi connectivity index (χ4n) is 1.49. The van der Waals surface area contributed by atoms with Crippen LogP contribution >= 0.6 is 0 Å². The SMILES string of the molecule is COC(=O)/C(C#N)=C\c1ccc(OCCC(C)C)cc1. The maximum absolute atomic E-state index is 11.3. The van der Waals surface area contributed by atoms with Gasteiger partial charge in [0, 0.05) is 0 Å². The van der Waals surface area contributed by atoms with E-state index >= 15 is 0 Å². The highest BCUT2D eigenvalue weighted by molar-refractivity contribution is 5.97. The zero-order chi connectivity index (χ0) is 15.0. The molecule has 106 valence electrons. The van der Waals surface area contributed by atoms with E-state index < -0.39 is 5.97 Å². The highest BCUT2D eigenvalue weighted by Gasteiger charge is 2.08. The average molecular weight is 273 g/mol. The number of benzene rings is 1. The first-order chi connectivity index (χ1) is 9.56. The van der Waals surface area contributed by atoms with Crippen LogP contribution in [0.1, 0.15) is 25.8 Å². The molecule has 0 amide bonds. The first-order valence-electron chi connectivity index (χ1n) is 6.49. The minimum absolute atomic E-state index is 0.0269. The third kappa shape index (κ3) is 5.15. The quantitative estimate of drug-likeness (QED) is 0.453. The Morgan fingerprint density at radius 3 is 2.50 bits per heavy atom. The number of ether oxygens (including phenoxy) is 2. The normalized spacial score (nSPS) is 11.1. The fraction of sp³-hybridized carbons (Fsp3) is 0.375. The van der Waals surface area contributed by atoms with Gasteiger partial charge < -0.3 is 9.47 Å². The Balaban J connectivity index is 2.69. The number of rotatable bonds is 6. The van der Waals surface area contributed by atoms with Gasteiger partial charge in [0.1, 0.15) is 17.4 Å². The molecule has 0 radical (unpaired) electrons. The van der Waals surface area contributed by atoms with E-state index in [2.05, 4.69) is 18.6 Å². The van der Waals surface area contributed by atoms with Crippen molar-refractivity contribution in [2.75, 3.05) is 13.7 Å². The second-order valence-corrected chi connectivity index (χ2v) is 4.76. The van der Waals surface area contributed by atoms with Crippen molar-refractivity contribution in [1.82, 2.24) is 0 Å². The molecule has 0 aliphatic carbocycles. The molecule has 0 fully saturated rings. The number of nitrogens with zero attached hydrogens (tertiary/aromatic N) is 1. The molecule has 4 nitrogen and oxygen atoms in total. The number of carbonyl (C=O) groups is 1. The Morgan fingerprint density at radius 2 is 2.00 bits per heavy atom. The number of methoxy groups -OCH3 is 1. The highest BCUT2D eigenvalue weighted by atomic mass is 16.5. The molecule has 0 aliphatic heterocycles. The number of hydrogen-bond acceptors (Lipinski definition) is 4. The van der Waals surface area contributed by atoms with Gasteiger partial charge in [0.25, 0.3) is 0 Å². The van der Waals surface area contributed by atoms with Crippen molar-refractivity contribution in [3.8, 4) is 11.8 Å². The third-order valence-electron chi connectivity index (χ3n) is 2.68. The molecular formula is C16H19NO3. The van der Waals surface area contributed by atoms with Crippen LogP contribution in [0.2, 0.25) is 0 Å². The van der Waals surface area contributed by atoms with Gasteiger partial charge in [0.2, 0.25) is 0 Å². The molecule has 0 aliphatic rings. The Labute approximate surface area is 119 Å². The van der Waals surface area contributed by atoms with Gasteiger partial charge in [-0.3, -0.25) is 0 Å². The first kappa shape index (κ1) is 15.8. The summed E-state index contributed by atoms with van der Waals surface area (Å²) in [7, 11) is 1.25. The summed E-state index contributed by atoms with van der Waals surface area (Å²) in [6.45, 7) is 4.97. The van der Waals surface area contributed by atoms with Crippen molar-refractivity contribution >= 4 is 12.0 Å². The van der Waals surface area contributed by atoms with Gasteiger partial charge in [0.05, 0.1) is 13.7 Å². The first-order valence-corrected chi connectivity index (χ1v) is 6.49. The summed E-state index contributed by atoms with van der Waals surface area (Å²) in [5, 5.41) is 8.87. The van der Waals surface area contributed by atoms with Crippen molar-refractivity contribution in [2.45, 2.75) is 20.3 Å². The lowest BCUT2D eigenvalue weighted by Crippen LogP contribution is -2.02. The molecule has 0 unspecified atom stereocenters. The number of hydrogen-bond donors (Lipinski definition) is 0. The largest absolute Gasteiger partial charge is 0.494 e. The summed E-state index contributed by atoms with van der Waals surface area (Å²) >= 11 is 0. The standard InChI is InChI=1S/C16H19NO3/c1-12(2)8-9-20-15-6-4-13(5-7-15)10-14(11-17)16(18)19-3/h4-7,10,12H,8-9H2,1-3H3/b14-10-. The third-order valence-corrected chi connectivity index (χ3v) is 2.68. The van der Waals surface area contributed by atoms with Crippen molar-refractivity contribution in [2.24, 2.45) is 5.92 Å². The predicted molar refractivity (Wildman–Crippen MR) is 77.0 cm³/mol. The summed E-state index contributed by atoms with van der Waals surface area (Å²) < 4.78 is 10.1. The molecule has 0 N–H and O–H groups in total. The van der Waals surface area contributed by atoms with Crippen molar-refractivity contribution in [3.05, 3.63) is 35.4 Å². The topological polar surface area (TPSA) is 59.3 Å². The summed E-state index contributed by atoms with van der Waals surface area (Å²) in [6.07, 6.45) is 2.49. The van der Waals surface area contributed by atoms with Crippen LogP contribution in [0.15, 0.2) is 29.8 Å². The van der Waals surface area contributed by atoms with E-state index in [4.69, 9.17) is 10.00 Å². The summed E-state index contributed by atoms with van der Waals surface area (Å²) in [5.41, 5.74) is 0.726. The summed E-state index contributed by atoms with van der Waals surface area (Å²) in [5.74, 6) is 0.750. The van der Waals surface area contributed by atoms with Crippen molar-refractivity contribution < 1.29 is 14.3 Å². The van der Waals surface area contributed by atoms with Crippen molar-refractivity contribution in [1.29, 1.82) is 5.26 Å². The smallest absolute Gasteiger partial charge is 0.348 e.